The van der Waals surface area contributed by atoms with Crippen molar-refractivity contribution in [2.75, 3.05) is 0 Å². The molecule has 1 heterocycles. The molecule has 0 saturated heterocycles. The fourth-order valence-corrected chi connectivity index (χ4v) is 1.55. The van der Waals surface area contributed by atoms with E-state index < -0.39 is 5.97 Å². The van der Waals surface area contributed by atoms with Crippen molar-refractivity contribution in [1.29, 1.82) is 0 Å². The summed E-state index contributed by atoms with van der Waals surface area (Å²) in [4.78, 5) is 15.4. The maximum absolute atomic E-state index is 11.4. The Morgan fingerprint density at radius 3 is 3.05 bits per heavy atom. The smallest absolute Gasteiger partial charge is 0.331 e. The Morgan fingerprint density at radius 1 is 1.53 bits per heavy atom. The molecule has 0 aliphatic rings. The number of nitrogens with zero attached hydrogens (tertiary/aromatic N) is 2. The highest BCUT2D eigenvalue weighted by Gasteiger charge is 2.05. The van der Waals surface area contributed by atoms with E-state index in [0.29, 0.717) is 10.8 Å². The van der Waals surface area contributed by atoms with Crippen LogP contribution < -0.4 is 0 Å². The molecule has 98 valence electrons. The lowest BCUT2D eigenvalue weighted by molar-refractivity contribution is -0.139. The third-order valence-electron chi connectivity index (χ3n) is 2.17. The molecule has 19 heavy (non-hydrogen) atoms. The zero-order chi connectivity index (χ0) is 13.7. The fraction of sp³-hybridized carbons (Fsp3) is 0.154. The summed E-state index contributed by atoms with van der Waals surface area (Å²) >= 11 is 5.83. The number of esters is 1. The molecule has 0 atom stereocenters. The van der Waals surface area contributed by atoms with Crippen molar-refractivity contribution < 1.29 is 14.1 Å². The minimum absolute atomic E-state index is 0.0421. The summed E-state index contributed by atoms with van der Waals surface area (Å²) in [6.45, 7) is 1.65. The van der Waals surface area contributed by atoms with Gasteiger partial charge in [0.2, 0.25) is 0 Å². The van der Waals surface area contributed by atoms with E-state index in [0.717, 1.165) is 5.56 Å². The molecule has 0 aliphatic heterocycles. The number of aromatic nitrogens is 2. The van der Waals surface area contributed by atoms with Gasteiger partial charge in [-0.15, -0.1) is 0 Å². The molecule has 0 N–H and O–H groups in total. The van der Waals surface area contributed by atoms with Crippen LogP contribution in [0.3, 0.4) is 0 Å². The molecular formula is C13H11ClN2O3. The van der Waals surface area contributed by atoms with Gasteiger partial charge in [-0.1, -0.05) is 28.9 Å². The average Bonchev–Trinajstić information content (AvgIpc) is 2.80. The Kier molecular flexibility index (Phi) is 4.30. The summed E-state index contributed by atoms with van der Waals surface area (Å²) in [5.74, 6) is 0.276. The summed E-state index contributed by atoms with van der Waals surface area (Å²) < 4.78 is 9.75. The second-order valence-corrected chi connectivity index (χ2v) is 4.17. The number of hydrogen-bond donors (Lipinski definition) is 0. The molecule has 0 unspecified atom stereocenters. The van der Waals surface area contributed by atoms with E-state index in [4.69, 9.17) is 20.9 Å². The van der Waals surface area contributed by atoms with Crippen molar-refractivity contribution in [3.63, 3.8) is 0 Å². The summed E-state index contributed by atoms with van der Waals surface area (Å²) in [7, 11) is 0. The fourth-order valence-electron chi connectivity index (χ4n) is 1.35. The van der Waals surface area contributed by atoms with Gasteiger partial charge in [0.15, 0.2) is 12.4 Å². The minimum atomic E-state index is -0.490. The molecule has 2 rings (SSSR count). The molecule has 1 aromatic heterocycles. The molecule has 6 heteroatoms. The topological polar surface area (TPSA) is 65.2 Å². The summed E-state index contributed by atoms with van der Waals surface area (Å²) in [5, 5.41) is 4.20. The Bertz CT molecular complexity index is 607. The van der Waals surface area contributed by atoms with Crippen LogP contribution in [0.5, 0.6) is 0 Å². The van der Waals surface area contributed by atoms with Crippen molar-refractivity contribution in [2.45, 2.75) is 13.5 Å². The second-order valence-electron chi connectivity index (χ2n) is 3.73. The summed E-state index contributed by atoms with van der Waals surface area (Å²) in [5.41, 5.74) is 0.818. The van der Waals surface area contributed by atoms with E-state index in [1.807, 2.05) is 6.07 Å². The Hall–Kier alpha value is -2.14. The first kappa shape index (κ1) is 13.3. The van der Waals surface area contributed by atoms with Crippen LogP contribution in [0.2, 0.25) is 5.02 Å². The predicted molar refractivity (Wildman–Crippen MR) is 69.3 cm³/mol. The Labute approximate surface area is 114 Å². The average molecular weight is 279 g/mol. The van der Waals surface area contributed by atoms with E-state index in [1.165, 1.54) is 6.08 Å². The Balaban J connectivity index is 1.87. The van der Waals surface area contributed by atoms with Crippen LogP contribution in [0.4, 0.5) is 0 Å². The van der Waals surface area contributed by atoms with Gasteiger partial charge in [-0.25, -0.2) is 4.79 Å². The molecule has 0 aliphatic carbocycles. The van der Waals surface area contributed by atoms with E-state index in [9.17, 15) is 4.79 Å². The van der Waals surface area contributed by atoms with Crippen LogP contribution in [-0.4, -0.2) is 16.1 Å². The standard InChI is InChI=1S/C13H11ClN2O3/c1-9-15-12(19-16-9)8-18-13(17)6-5-10-3-2-4-11(14)7-10/h2-7H,8H2,1H3/b6-5+. The maximum atomic E-state index is 11.4. The lowest BCUT2D eigenvalue weighted by Gasteiger charge is -1.97. The largest absolute Gasteiger partial charge is 0.452 e. The lowest BCUT2D eigenvalue weighted by Crippen LogP contribution is -2.00. The first-order valence-electron chi connectivity index (χ1n) is 5.53. The lowest BCUT2D eigenvalue weighted by atomic mass is 10.2. The van der Waals surface area contributed by atoms with Crippen LogP contribution >= 0.6 is 11.6 Å². The van der Waals surface area contributed by atoms with Gasteiger partial charge in [-0.2, -0.15) is 4.98 Å². The molecule has 0 fully saturated rings. The van der Waals surface area contributed by atoms with Crippen molar-refractivity contribution >= 4 is 23.6 Å². The zero-order valence-corrected chi connectivity index (χ0v) is 10.9. The number of carbonyl (C=O) groups is 1. The SMILES string of the molecule is Cc1noc(COC(=O)/C=C/c2cccc(Cl)c2)n1. The van der Waals surface area contributed by atoms with Gasteiger partial charge in [0.25, 0.3) is 5.89 Å². The number of aryl methyl sites for hydroxylation is 1. The molecule has 0 radical (unpaired) electrons. The normalized spacial score (nSPS) is 10.8. The molecule has 0 amide bonds. The van der Waals surface area contributed by atoms with Crippen LogP contribution in [0, 0.1) is 6.92 Å². The van der Waals surface area contributed by atoms with Crippen LogP contribution in [0.1, 0.15) is 17.3 Å². The highest BCUT2D eigenvalue weighted by Crippen LogP contribution is 2.11. The number of hydrogen-bond acceptors (Lipinski definition) is 5. The van der Waals surface area contributed by atoms with Gasteiger partial charge in [0.1, 0.15) is 0 Å². The van der Waals surface area contributed by atoms with Gasteiger partial charge in [0.05, 0.1) is 0 Å². The number of carbonyl (C=O) groups excluding carboxylic acids is 1. The zero-order valence-electron chi connectivity index (χ0n) is 10.2. The van der Waals surface area contributed by atoms with Crippen molar-refractivity contribution in [1.82, 2.24) is 10.1 Å². The highest BCUT2D eigenvalue weighted by atomic mass is 35.5. The highest BCUT2D eigenvalue weighted by molar-refractivity contribution is 6.30. The van der Waals surface area contributed by atoms with Gasteiger partial charge >= 0.3 is 5.97 Å². The van der Waals surface area contributed by atoms with Gasteiger partial charge in [-0.05, 0) is 30.7 Å². The monoisotopic (exact) mass is 278 g/mol. The minimum Gasteiger partial charge on any atom is -0.452 e. The quantitative estimate of drug-likeness (QED) is 0.635. The van der Waals surface area contributed by atoms with E-state index in [2.05, 4.69) is 10.1 Å². The van der Waals surface area contributed by atoms with Gasteiger partial charge < -0.3 is 9.26 Å². The Morgan fingerprint density at radius 2 is 2.37 bits per heavy atom. The van der Waals surface area contributed by atoms with Crippen LogP contribution in [0.25, 0.3) is 6.08 Å². The molecular weight excluding hydrogens is 268 g/mol. The molecule has 0 saturated carbocycles. The number of rotatable bonds is 4. The first-order valence-corrected chi connectivity index (χ1v) is 5.91. The van der Waals surface area contributed by atoms with Crippen molar-refractivity contribution in [3.8, 4) is 0 Å². The molecule has 0 bridgehead atoms. The first-order chi connectivity index (χ1) is 9.13. The number of halogens is 1. The number of benzene rings is 1. The molecule has 5 nitrogen and oxygen atoms in total. The van der Waals surface area contributed by atoms with Crippen LogP contribution in [0.15, 0.2) is 34.9 Å². The molecule has 1 aromatic carbocycles. The second kappa shape index (κ2) is 6.15. The molecule has 2 aromatic rings. The van der Waals surface area contributed by atoms with Crippen molar-refractivity contribution in [3.05, 3.63) is 52.6 Å². The van der Waals surface area contributed by atoms with Gasteiger partial charge in [-0.3, -0.25) is 0 Å². The summed E-state index contributed by atoms with van der Waals surface area (Å²) in [6.07, 6.45) is 2.93. The van der Waals surface area contributed by atoms with Gasteiger partial charge in [0, 0.05) is 11.1 Å². The van der Waals surface area contributed by atoms with E-state index in [-0.39, 0.29) is 12.5 Å². The summed E-state index contributed by atoms with van der Waals surface area (Å²) in [6, 6.07) is 7.13. The van der Waals surface area contributed by atoms with E-state index in [1.54, 1.807) is 31.2 Å². The van der Waals surface area contributed by atoms with E-state index >= 15 is 0 Å². The third kappa shape index (κ3) is 4.22. The predicted octanol–water partition coefficient (Wildman–Crippen LogP) is 2.79. The third-order valence-corrected chi connectivity index (χ3v) is 2.40. The molecule has 0 spiro atoms. The van der Waals surface area contributed by atoms with Crippen molar-refractivity contribution in [2.24, 2.45) is 0 Å². The van der Waals surface area contributed by atoms with Crippen LogP contribution in [-0.2, 0) is 16.1 Å². The number of ether oxygens (including phenoxy) is 1. The maximum Gasteiger partial charge on any atom is 0.331 e.